The van der Waals surface area contributed by atoms with E-state index in [0.717, 1.165) is 57.9 Å². The lowest BCUT2D eigenvalue weighted by Gasteiger charge is -2.18. The van der Waals surface area contributed by atoms with Gasteiger partial charge in [-0.1, -0.05) is 36.4 Å². The van der Waals surface area contributed by atoms with Crippen molar-refractivity contribution in [2.45, 2.75) is 0 Å². The van der Waals surface area contributed by atoms with Crippen molar-refractivity contribution in [3.8, 4) is 28.4 Å². The Bertz CT molecular complexity index is 1070. The zero-order valence-electron chi connectivity index (χ0n) is 19.0. The van der Waals surface area contributed by atoms with Crippen LogP contribution in [0.25, 0.3) is 16.7 Å². The molecule has 0 aliphatic heterocycles. The molecule has 32 heavy (non-hydrogen) atoms. The van der Waals surface area contributed by atoms with Gasteiger partial charge in [0, 0.05) is 17.7 Å². The van der Waals surface area contributed by atoms with E-state index in [9.17, 15) is 4.79 Å². The maximum Gasteiger partial charge on any atom is 0.143 e. The van der Waals surface area contributed by atoms with Crippen molar-refractivity contribution in [1.82, 2.24) is 4.90 Å². The summed E-state index contributed by atoms with van der Waals surface area (Å²) in [5.41, 5.74) is 4.45. The van der Waals surface area contributed by atoms with Gasteiger partial charge in [-0.05, 0) is 67.2 Å². The van der Waals surface area contributed by atoms with Crippen LogP contribution in [0.2, 0.25) is 0 Å². The number of ether oxygens (including phenoxy) is 3. The highest BCUT2D eigenvalue weighted by molar-refractivity contribution is 5.93. The molecular formula is C27H29NO4. The van der Waals surface area contributed by atoms with Crippen LogP contribution in [0.4, 0.5) is 0 Å². The Morgan fingerprint density at radius 3 is 2.31 bits per heavy atom. The monoisotopic (exact) mass is 431 g/mol. The van der Waals surface area contributed by atoms with E-state index < -0.39 is 0 Å². The lowest BCUT2D eigenvalue weighted by atomic mass is 9.93. The van der Waals surface area contributed by atoms with Gasteiger partial charge >= 0.3 is 0 Å². The number of likely N-dealkylation sites (N-methyl/N-ethyl adjacent to an activating group) is 1. The number of benzene rings is 3. The molecule has 0 aliphatic rings. The lowest BCUT2D eigenvalue weighted by Crippen LogP contribution is -2.19. The van der Waals surface area contributed by atoms with Gasteiger partial charge in [-0.25, -0.2) is 0 Å². The van der Waals surface area contributed by atoms with Crippen molar-refractivity contribution < 1.29 is 19.0 Å². The van der Waals surface area contributed by atoms with Gasteiger partial charge in [-0.3, -0.25) is 4.79 Å². The van der Waals surface area contributed by atoms with Crippen molar-refractivity contribution in [3.63, 3.8) is 0 Å². The average molecular weight is 432 g/mol. The van der Waals surface area contributed by atoms with Crippen LogP contribution < -0.4 is 14.2 Å². The number of methoxy groups -OCH3 is 2. The summed E-state index contributed by atoms with van der Waals surface area (Å²) in [6.45, 7) is 1.31. The number of para-hydroxylation sites is 1. The quantitative estimate of drug-likeness (QED) is 0.336. The third-order valence-electron chi connectivity index (χ3n) is 5.12. The van der Waals surface area contributed by atoms with Crippen LogP contribution in [0.5, 0.6) is 17.2 Å². The molecule has 0 saturated carbocycles. The van der Waals surface area contributed by atoms with Crippen LogP contribution in [0.15, 0.2) is 72.8 Å². The van der Waals surface area contributed by atoms with Gasteiger partial charge in [0.1, 0.15) is 30.1 Å². The summed E-state index contributed by atoms with van der Waals surface area (Å²) in [4.78, 5) is 13.7. The van der Waals surface area contributed by atoms with Crippen molar-refractivity contribution >= 4 is 11.9 Å². The molecule has 0 amide bonds. The first-order valence-corrected chi connectivity index (χ1v) is 10.4. The van der Waals surface area contributed by atoms with Crippen molar-refractivity contribution in [2.24, 2.45) is 0 Å². The minimum atomic E-state index is 0.533. The molecule has 0 aromatic heterocycles. The fraction of sp³-hybridized carbons (Fsp3) is 0.222. The molecule has 3 aromatic carbocycles. The second-order valence-electron chi connectivity index (χ2n) is 7.51. The molecule has 5 heteroatoms. The standard InChI is InChI=1S/C27H29NO4/c1-28(2)16-18-32-27-14-11-21(24-7-5-6-8-26(24)31-4)19-25(27)23(15-17-29)20-9-12-22(30-3)13-10-20/h5-15,17,19H,16,18H2,1-4H3. The molecular weight excluding hydrogens is 402 g/mol. The first-order valence-electron chi connectivity index (χ1n) is 10.4. The normalized spacial score (nSPS) is 11.3. The molecule has 0 unspecified atom stereocenters. The number of rotatable bonds is 10. The number of hydrogen-bond donors (Lipinski definition) is 0. The second-order valence-corrected chi connectivity index (χ2v) is 7.51. The molecule has 0 fully saturated rings. The first kappa shape index (κ1) is 23.1. The van der Waals surface area contributed by atoms with Gasteiger partial charge in [0.25, 0.3) is 0 Å². The number of allylic oxidation sites excluding steroid dienone is 1. The molecule has 0 radical (unpaired) electrons. The summed E-state index contributed by atoms with van der Waals surface area (Å²) in [6, 6.07) is 21.5. The molecule has 0 heterocycles. The molecule has 166 valence electrons. The fourth-order valence-electron chi connectivity index (χ4n) is 3.44. The predicted molar refractivity (Wildman–Crippen MR) is 129 cm³/mol. The molecule has 0 spiro atoms. The summed E-state index contributed by atoms with van der Waals surface area (Å²) >= 11 is 0. The Kier molecular flexibility index (Phi) is 8.06. The van der Waals surface area contributed by atoms with E-state index >= 15 is 0 Å². The minimum absolute atomic E-state index is 0.533. The van der Waals surface area contributed by atoms with Crippen LogP contribution >= 0.6 is 0 Å². The van der Waals surface area contributed by atoms with Gasteiger partial charge in [0.2, 0.25) is 0 Å². The Hall–Kier alpha value is -3.57. The molecule has 0 saturated heterocycles. The van der Waals surface area contributed by atoms with E-state index in [1.54, 1.807) is 20.3 Å². The van der Waals surface area contributed by atoms with Crippen LogP contribution in [-0.2, 0) is 4.79 Å². The molecule has 3 aromatic rings. The number of nitrogens with zero attached hydrogens (tertiary/aromatic N) is 1. The van der Waals surface area contributed by atoms with Gasteiger partial charge < -0.3 is 19.1 Å². The maximum absolute atomic E-state index is 11.6. The molecule has 0 N–H and O–H groups in total. The number of carbonyl (C=O) groups is 1. The Labute approximate surface area is 189 Å². The van der Waals surface area contributed by atoms with Gasteiger partial charge in [-0.15, -0.1) is 0 Å². The first-order chi connectivity index (χ1) is 15.6. The predicted octanol–water partition coefficient (Wildman–Crippen LogP) is 4.94. The number of hydrogen-bond acceptors (Lipinski definition) is 5. The maximum atomic E-state index is 11.6. The highest BCUT2D eigenvalue weighted by Gasteiger charge is 2.15. The fourth-order valence-corrected chi connectivity index (χ4v) is 3.44. The van der Waals surface area contributed by atoms with Gasteiger partial charge in [-0.2, -0.15) is 0 Å². The SMILES string of the molecule is COc1ccc(C(=CC=O)c2cc(-c3ccccc3OC)ccc2OCCN(C)C)cc1. The summed E-state index contributed by atoms with van der Waals surface area (Å²) in [6.07, 6.45) is 2.38. The molecule has 3 rings (SSSR count). The molecule has 5 nitrogen and oxygen atoms in total. The van der Waals surface area contributed by atoms with Gasteiger partial charge in [0.05, 0.1) is 14.2 Å². The summed E-state index contributed by atoms with van der Waals surface area (Å²) < 4.78 is 17.0. The number of carbonyl (C=O) groups excluding carboxylic acids is 1. The van der Waals surface area contributed by atoms with Crippen molar-refractivity contribution in [1.29, 1.82) is 0 Å². The molecule has 0 bridgehead atoms. The zero-order valence-corrected chi connectivity index (χ0v) is 19.0. The smallest absolute Gasteiger partial charge is 0.143 e. The van der Waals surface area contributed by atoms with Crippen molar-refractivity contribution in [3.05, 3.63) is 83.9 Å². The Balaban J connectivity index is 2.12. The van der Waals surface area contributed by atoms with E-state index in [-0.39, 0.29) is 0 Å². The van der Waals surface area contributed by atoms with Crippen molar-refractivity contribution in [2.75, 3.05) is 41.5 Å². The van der Waals surface area contributed by atoms with Crippen LogP contribution in [0.3, 0.4) is 0 Å². The Morgan fingerprint density at radius 1 is 0.906 bits per heavy atom. The van der Waals surface area contributed by atoms with Crippen LogP contribution in [-0.4, -0.2) is 52.7 Å². The van der Waals surface area contributed by atoms with E-state index in [1.807, 2.05) is 80.8 Å². The van der Waals surface area contributed by atoms with Crippen LogP contribution in [0.1, 0.15) is 11.1 Å². The largest absolute Gasteiger partial charge is 0.497 e. The zero-order chi connectivity index (χ0) is 22.9. The molecule has 0 atom stereocenters. The van der Waals surface area contributed by atoms with E-state index in [2.05, 4.69) is 4.90 Å². The minimum Gasteiger partial charge on any atom is -0.497 e. The summed E-state index contributed by atoms with van der Waals surface area (Å²) in [5.74, 6) is 2.25. The second kappa shape index (κ2) is 11.2. The average Bonchev–Trinajstić information content (AvgIpc) is 2.82. The highest BCUT2D eigenvalue weighted by Crippen LogP contribution is 2.37. The topological polar surface area (TPSA) is 48.0 Å². The van der Waals surface area contributed by atoms with Crippen LogP contribution in [0, 0.1) is 0 Å². The Morgan fingerprint density at radius 2 is 1.66 bits per heavy atom. The third kappa shape index (κ3) is 5.56. The van der Waals surface area contributed by atoms with E-state index in [0.29, 0.717) is 6.61 Å². The third-order valence-corrected chi connectivity index (χ3v) is 5.12. The highest BCUT2D eigenvalue weighted by atomic mass is 16.5. The van der Waals surface area contributed by atoms with E-state index in [1.165, 1.54) is 0 Å². The lowest BCUT2D eigenvalue weighted by molar-refractivity contribution is -0.104. The molecule has 0 aliphatic carbocycles. The summed E-state index contributed by atoms with van der Waals surface area (Å²) in [5, 5.41) is 0. The number of aldehydes is 1. The van der Waals surface area contributed by atoms with E-state index in [4.69, 9.17) is 14.2 Å². The summed E-state index contributed by atoms with van der Waals surface area (Å²) in [7, 11) is 7.30. The van der Waals surface area contributed by atoms with Gasteiger partial charge in [0.15, 0.2) is 0 Å².